The molecule has 2 atom stereocenters. The summed E-state index contributed by atoms with van der Waals surface area (Å²) in [5, 5.41) is 3.55. The summed E-state index contributed by atoms with van der Waals surface area (Å²) in [7, 11) is 1.85. The van der Waals surface area contributed by atoms with E-state index >= 15 is 0 Å². The van der Waals surface area contributed by atoms with Gasteiger partial charge in [0.25, 0.3) is 0 Å². The van der Waals surface area contributed by atoms with Crippen molar-refractivity contribution in [3.8, 4) is 16.9 Å². The zero-order valence-corrected chi connectivity index (χ0v) is 16.6. The van der Waals surface area contributed by atoms with Crippen LogP contribution in [0.4, 0.5) is 4.39 Å². The molecule has 1 aromatic carbocycles. The van der Waals surface area contributed by atoms with Crippen molar-refractivity contribution in [1.29, 1.82) is 0 Å². The first-order chi connectivity index (χ1) is 13.4. The van der Waals surface area contributed by atoms with Crippen molar-refractivity contribution < 1.29 is 13.9 Å². The van der Waals surface area contributed by atoms with Crippen LogP contribution in [-0.4, -0.2) is 41.5 Å². The number of carbonyl (C=O) groups excluding carboxylic acids is 1. The molecule has 148 valence electrons. The second-order valence-electron chi connectivity index (χ2n) is 7.79. The van der Waals surface area contributed by atoms with Crippen LogP contribution in [0.3, 0.4) is 0 Å². The van der Waals surface area contributed by atoms with Gasteiger partial charge in [0.2, 0.25) is 5.91 Å². The van der Waals surface area contributed by atoms with Crippen LogP contribution in [0.15, 0.2) is 30.5 Å². The first-order valence-electron chi connectivity index (χ1n) is 9.86. The summed E-state index contributed by atoms with van der Waals surface area (Å²) >= 11 is 0. The smallest absolute Gasteiger partial charge is 0.242 e. The van der Waals surface area contributed by atoms with Crippen LogP contribution < -0.4 is 10.1 Å². The molecule has 2 aromatic rings. The maximum Gasteiger partial charge on any atom is 0.242 e. The van der Waals surface area contributed by atoms with E-state index in [1.54, 1.807) is 11.0 Å². The Morgan fingerprint density at radius 2 is 2.14 bits per heavy atom. The molecular weight excluding hydrogens is 357 g/mol. The van der Waals surface area contributed by atoms with E-state index in [1.807, 2.05) is 33.2 Å². The summed E-state index contributed by atoms with van der Waals surface area (Å²) < 4.78 is 19.7. The van der Waals surface area contributed by atoms with Gasteiger partial charge >= 0.3 is 0 Å². The van der Waals surface area contributed by atoms with E-state index in [1.165, 1.54) is 12.1 Å². The maximum atomic E-state index is 14.0. The second-order valence-corrected chi connectivity index (χ2v) is 7.79. The van der Waals surface area contributed by atoms with Gasteiger partial charge in [-0.2, -0.15) is 0 Å². The number of amides is 1. The molecule has 2 fully saturated rings. The lowest BCUT2D eigenvalue weighted by Gasteiger charge is -2.23. The number of aromatic nitrogens is 1. The Morgan fingerprint density at radius 1 is 1.32 bits per heavy atom. The Balaban J connectivity index is 1.68. The van der Waals surface area contributed by atoms with E-state index < -0.39 is 5.54 Å². The molecule has 0 aliphatic carbocycles. The van der Waals surface area contributed by atoms with Gasteiger partial charge in [0.15, 0.2) is 0 Å². The minimum absolute atomic E-state index is 0.0129. The number of nitrogens with zero attached hydrogens (tertiary/aromatic N) is 2. The fourth-order valence-electron chi connectivity index (χ4n) is 4.40. The van der Waals surface area contributed by atoms with E-state index in [0.717, 1.165) is 48.2 Å². The number of likely N-dealkylation sites (tertiary alicyclic amines) is 1. The number of pyridine rings is 1. The highest BCUT2D eigenvalue weighted by Gasteiger charge is 2.50. The van der Waals surface area contributed by atoms with Crippen LogP contribution in [0.2, 0.25) is 0 Å². The van der Waals surface area contributed by atoms with Crippen molar-refractivity contribution in [2.24, 2.45) is 0 Å². The number of ether oxygens (including phenoxy) is 1. The molecule has 1 N–H and O–H groups in total. The Bertz CT molecular complexity index is 917. The van der Waals surface area contributed by atoms with Gasteiger partial charge in [-0.15, -0.1) is 0 Å². The molecule has 2 saturated heterocycles. The van der Waals surface area contributed by atoms with Gasteiger partial charge in [-0.05, 0) is 68.5 Å². The minimum Gasteiger partial charge on any atom is -0.493 e. The monoisotopic (exact) mass is 383 g/mol. The zero-order valence-electron chi connectivity index (χ0n) is 16.6. The van der Waals surface area contributed by atoms with Gasteiger partial charge in [0.05, 0.1) is 18.3 Å². The topological polar surface area (TPSA) is 54.5 Å². The van der Waals surface area contributed by atoms with Crippen LogP contribution in [0, 0.1) is 12.7 Å². The number of benzene rings is 1. The summed E-state index contributed by atoms with van der Waals surface area (Å²) in [6.45, 7) is 5.17. The van der Waals surface area contributed by atoms with Crippen LogP contribution >= 0.6 is 0 Å². The third-order valence-corrected chi connectivity index (χ3v) is 5.95. The Kier molecular flexibility index (Phi) is 4.83. The number of nitrogens with one attached hydrogen (secondary N) is 1. The first-order valence-corrected chi connectivity index (χ1v) is 9.86. The molecule has 6 heteroatoms. The Hall–Kier alpha value is -2.47. The molecule has 1 spiro atoms. The van der Waals surface area contributed by atoms with Crippen molar-refractivity contribution >= 4 is 5.91 Å². The molecule has 4 rings (SSSR count). The lowest BCUT2D eigenvalue weighted by atomic mass is 9.96. The van der Waals surface area contributed by atoms with Gasteiger partial charge in [-0.25, -0.2) is 4.39 Å². The van der Waals surface area contributed by atoms with Crippen LogP contribution in [0.25, 0.3) is 11.1 Å². The number of likely N-dealkylation sites (N-methyl/N-ethyl adjacent to an activating group) is 1. The quantitative estimate of drug-likeness (QED) is 0.876. The predicted octanol–water partition coefficient (Wildman–Crippen LogP) is 3.62. The molecule has 0 radical (unpaired) electrons. The molecule has 0 saturated carbocycles. The molecule has 0 bridgehead atoms. The van der Waals surface area contributed by atoms with Crippen LogP contribution in [-0.2, 0) is 4.79 Å². The summed E-state index contributed by atoms with van der Waals surface area (Å²) in [5.41, 5.74) is 3.02. The lowest BCUT2D eigenvalue weighted by molar-refractivity contribution is -0.131. The number of halogens is 1. The summed E-state index contributed by atoms with van der Waals surface area (Å²) in [6.07, 6.45) is 4.32. The standard InChI is InChI=1S/C22H26FN3O2/c1-4-28-20-6-5-15(23)11-17(20)16-12-19(24-13-14(16)2)18-7-8-22(25-18)9-10-26(3)21(22)27/h5-6,11-13,18,25H,4,7-10H2,1-3H3/t18-,22+/m1/s1. The molecule has 3 heterocycles. The average Bonchev–Trinajstić information content (AvgIpc) is 3.24. The third kappa shape index (κ3) is 3.15. The number of aryl methyl sites for hydroxylation is 1. The largest absolute Gasteiger partial charge is 0.493 e. The first kappa shape index (κ1) is 18.9. The third-order valence-electron chi connectivity index (χ3n) is 5.95. The van der Waals surface area contributed by atoms with Crippen molar-refractivity contribution in [2.75, 3.05) is 20.2 Å². The Morgan fingerprint density at radius 3 is 2.86 bits per heavy atom. The summed E-state index contributed by atoms with van der Waals surface area (Å²) in [5.74, 6) is 0.535. The molecule has 28 heavy (non-hydrogen) atoms. The molecular formula is C22H26FN3O2. The molecule has 2 aliphatic rings. The predicted molar refractivity (Wildman–Crippen MR) is 106 cm³/mol. The number of hydrogen-bond donors (Lipinski definition) is 1. The Labute approximate surface area is 164 Å². The van der Waals surface area contributed by atoms with Gasteiger partial charge in [-0.3, -0.25) is 15.1 Å². The number of carbonyl (C=O) groups is 1. The second kappa shape index (κ2) is 7.17. The van der Waals surface area contributed by atoms with Gasteiger partial charge in [0, 0.05) is 25.4 Å². The van der Waals surface area contributed by atoms with E-state index in [0.29, 0.717) is 12.4 Å². The van der Waals surface area contributed by atoms with Crippen LogP contribution in [0.1, 0.15) is 43.5 Å². The highest BCUT2D eigenvalue weighted by atomic mass is 19.1. The van der Waals surface area contributed by atoms with E-state index in [9.17, 15) is 9.18 Å². The van der Waals surface area contributed by atoms with Crippen molar-refractivity contribution in [3.05, 3.63) is 47.5 Å². The zero-order chi connectivity index (χ0) is 19.9. The highest BCUT2D eigenvalue weighted by molar-refractivity contribution is 5.88. The average molecular weight is 383 g/mol. The molecule has 2 aliphatic heterocycles. The summed E-state index contributed by atoms with van der Waals surface area (Å²) in [6, 6.07) is 6.61. The minimum atomic E-state index is -0.457. The van der Waals surface area contributed by atoms with Crippen LogP contribution in [0.5, 0.6) is 5.75 Å². The fourth-order valence-corrected chi connectivity index (χ4v) is 4.40. The van der Waals surface area contributed by atoms with Crippen molar-refractivity contribution in [3.63, 3.8) is 0 Å². The van der Waals surface area contributed by atoms with Crippen molar-refractivity contribution in [2.45, 2.75) is 44.7 Å². The van der Waals surface area contributed by atoms with E-state index in [4.69, 9.17) is 4.74 Å². The molecule has 1 amide bonds. The lowest BCUT2D eigenvalue weighted by Crippen LogP contribution is -2.47. The molecule has 1 aromatic heterocycles. The van der Waals surface area contributed by atoms with Gasteiger partial charge < -0.3 is 9.64 Å². The molecule has 5 nitrogen and oxygen atoms in total. The summed E-state index contributed by atoms with van der Waals surface area (Å²) in [4.78, 5) is 19.0. The normalized spacial score (nSPS) is 24.4. The number of rotatable bonds is 4. The van der Waals surface area contributed by atoms with E-state index in [2.05, 4.69) is 10.3 Å². The number of hydrogen-bond acceptors (Lipinski definition) is 4. The highest BCUT2D eigenvalue weighted by Crippen LogP contribution is 2.40. The van der Waals surface area contributed by atoms with Gasteiger partial charge in [0.1, 0.15) is 17.1 Å². The van der Waals surface area contributed by atoms with E-state index in [-0.39, 0.29) is 17.8 Å². The maximum absolute atomic E-state index is 14.0. The SMILES string of the molecule is CCOc1ccc(F)cc1-c1cc([C@H]2CC[C@@]3(CCN(C)C3=O)N2)ncc1C. The molecule has 0 unspecified atom stereocenters. The fraction of sp³-hybridized carbons (Fsp3) is 0.455. The van der Waals surface area contributed by atoms with Crippen molar-refractivity contribution in [1.82, 2.24) is 15.2 Å². The van der Waals surface area contributed by atoms with Gasteiger partial charge in [-0.1, -0.05) is 0 Å².